The van der Waals surface area contributed by atoms with Gasteiger partial charge in [0.25, 0.3) is 0 Å². The van der Waals surface area contributed by atoms with Gasteiger partial charge in [-0.05, 0) is 31.1 Å². The van der Waals surface area contributed by atoms with Crippen molar-refractivity contribution in [3.05, 3.63) is 11.6 Å². The second-order valence-corrected chi connectivity index (χ2v) is 7.68. The molecular weight excluding hydrogens is 302 g/mol. The lowest BCUT2D eigenvalue weighted by Crippen LogP contribution is -2.41. The van der Waals surface area contributed by atoms with Gasteiger partial charge in [-0.2, -0.15) is 5.10 Å². The van der Waals surface area contributed by atoms with Gasteiger partial charge in [0.2, 0.25) is 0 Å². The van der Waals surface area contributed by atoms with Gasteiger partial charge in [-0.1, -0.05) is 39.0 Å². The van der Waals surface area contributed by atoms with Gasteiger partial charge < -0.3 is 10.6 Å². The lowest BCUT2D eigenvalue weighted by Gasteiger charge is -2.24. The molecule has 0 spiro atoms. The summed E-state index contributed by atoms with van der Waals surface area (Å²) in [6, 6.07) is 0.358. The zero-order chi connectivity index (χ0) is 16.5. The summed E-state index contributed by atoms with van der Waals surface area (Å²) in [6.07, 6.45) is 10.8. The fraction of sp³-hybridized carbons (Fsp3) is 0.833. The molecule has 0 aromatic carbocycles. The molecule has 1 aromatic rings. The van der Waals surface area contributed by atoms with Crippen molar-refractivity contribution >= 4 is 6.03 Å². The van der Waals surface area contributed by atoms with E-state index >= 15 is 0 Å². The number of hydrogen-bond acceptors (Lipinski definition) is 3. The summed E-state index contributed by atoms with van der Waals surface area (Å²) in [6.45, 7) is 2.98. The predicted molar refractivity (Wildman–Crippen MR) is 91.5 cm³/mol. The SMILES string of the molecule is CCc1nc2n(n1)CCCC2NC(=O)NC1CC1C1CCCCC1. The summed E-state index contributed by atoms with van der Waals surface area (Å²) in [4.78, 5) is 17.0. The number of nitrogens with zero attached hydrogens (tertiary/aromatic N) is 3. The highest BCUT2D eigenvalue weighted by Gasteiger charge is 2.44. The van der Waals surface area contributed by atoms with Crippen LogP contribution in [0.25, 0.3) is 0 Å². The van der Waals surface area contributed by atoms with E-state index < -0.39 is 0 Å². The van der Waals surface area contributed by atoms with Crippen LogP contribution in [0.15, 0.2) is 0 Å². The number of fused-ring (bicyclic) bond motifs is 1. The molecule has 0 bridgehead atoms. The summed E-state index contributed by atoms with van der Waals surface area (Å²) in [5.74, 6) is 3.36. The lowest BCUT2D eigenvalue weighted by atomic mass is 9.85. The molecule has 2 saturated carbocycles. The Morgan fingerprint density at radius 1 is 1.17 bits per heavy atom. The number of hydrogen-bond donors (Lipinski definition) is 2. The van der Waals surface area contributed by atoms with Crippen LogP contribution in [0, 0.1) is 11.8 Å². The normalized spacial score (nSPS) is 29.8. The van der Waals surface area contributed by atoms with Gasteiger partial charge in [0.05, 0.1) is 6.04 Å². The maximum atomic E-state index is 12.4. The van der Waals surface area contributed by atoms with Crippen LogP contribution in [0.4, 0.5) is 4.79 Å². The van der Waals surface area contributed by atoms with Gasteiger partial charge >= 0.3 is 6.03 Å². The molecule has 0 radical (unpaired) electrons. The first-order valence-electron chi connectivity index (χ1n) is 9.75. The minimum atomic E-state index is -0.0298. The Kier molecular flexibility index (Phi) is 4.46. The summed E-state index contributed by atoms with van der Waals surface area (Å²) < 4.78 is 1.97. The van der Waals surface area contributed by atoms with Crippen LogP contribution in [-0.2, 0) is 13.0 Å². The number of urea groups is 1. The molecule has 6 heteroatoms. The molecular formula is C18H29N5O. The van der Waals surface area contributed by atoms with Gasteiger partial charge in [0.15, 0.2) is 5.82 Å². The third-order valence-corrected chi connectivity index (χ3v) is 5.95. The lowest BCUT2D eigenvalue weighted by molar-refractivity contribution is 0.230. The van der Waals surface area contributed by atoms with E-state index in [9.17, 15) is 4.79 Å². The van der Waals surface area contributed by atoms with Crippen molar-refractivity contribution < 1.29 is 4.79 Å². The van der Waals surface area contributed by atoms with Crippen LogP contribution in [0.1, 0.15) is 76.0 Å². The first-order valence-corrected chi connectivity index (χ1v) is 9.75. The minimum absolute atomic E-state index is 0.00145. The molecule has 6 nitrogen and oxygen atoms in total. The topological polar surface area (TPSA) is 71.8 Å². The van der Waals surface area contributed by atoms with Gasteiger partial charge in [0, 0.05) is 19.0 Å². The summed E-state index contributed by atoms with van der Waals surface area (Å²) in [5, 5.41) is 10.8. The fourth-order valence-electron chi connectivity index (χ4n) is 4.52. The molecule has 24 heavy (non-hydrogen) atoms. The van der Waals surface area contributed by atoms with Crippen LogP contribution in [0.5, 0.6) is 0 Å². The highest BCUT2D eigenvalue weighted by atomic mass is 16.2. The highest BCUT2D eigenvalue weighted by Crippen LogP contribution is 2.44. The van der Waals surface area contributed by atoms with Crippen LogP contribution >= 0.6 is 0 Å². The Hall–Kier alpha value is -1.59. The van der Waals surface area contributed by atoms with Crippen molar-refractivity contribution in [2.45, 2.75) is 83.3 Å². The number of carbonyl (C=O) groups is 1. The maximum Gasteiger partial charge on any atom is 0.315 e. The number of nitrogens with one attached hydrogen (secondary N) is 2. The Morgan fingerprint density at radius 3 is 2.79 bits per heavy atom. The Morgan fingerprint density at radius 2 is 2.00 bits per heavy atom. The predicted octanol–water partition coefficient (Wildman–Crippen LogP) is 2.94. The van der Waals surface area contributed by atoms with Crippen molar-refractivity contribution in [2.24, 2.45) is 11.8 Å². The number of rotatable bonds is 4. The molecule has 4 rings (SSSR count). The Bertz CT molecular complexity index is 592. The van der Waals surface area contributed by atoms with Crippen LogP contribution in [0.2, 0.25) is 0 Å². The third-order valence-electron chi connectivity index (χ3n) is 5.95. The minimum Gasteiger partial charge on any atom is -0.335 e. The zero-order valence-corrected chi connectivity index (χ0v) is 14.6. The molecule has 1 aromatic heterocycles. The number of aromatic nitrogens is 3. The van der Waals surface area contributed by atoms with Crippen molar-refractivity contribution in [1.82, 2.24) is 25.4 Å². The van der Waals surface area contributed by atoms with Crippen LogP contribution < -0.4 is 10.6 Å². The second-order valence-electron chi connectivity index (χ2n) is 7.68. The summed E-state index contributed by atoms with van der Waals surface area (Å²) in [5.41, 5.74) is 0. The summed E-state index contributed by atoms with van der Waals surface area (Å²) >= 11 is 0. The molecule has 1 aliphatic heterocycles. The molecule has 2 fully saturated rings. The van der Waals surface area contributed by atoms with Gasteiger partial charge in [-0.3, -0.25) is 0 Å². The van der Waals surface area contributed by atoms with E-state index in [2.05, 4.69) is 27.6 Å². The van der Waals surface area contributed by atoms with Crippen molar-refractivity contribution in [1.29, 1.82) is 0 Å². The molecule has 3 aliphatic rings. The van der Waals surface area contributed by atoms with Crippen LogP contribution in [0.3, 0.4) is 0 Å². The molecule has 2 amide bonds. The van der Waals surface area contributed by atoms with Gasteiger partial charge in [-0.15, -0.1) is 0 Å². The number of carbonyl (C=O) groups excluding carboxylic acids is 1. The average Bonchev–Trinajstić information content (AvgIpc) is 3.22. The number of amides is 2. The number of aryl methyl sites for hydroxylation is 2. The van der Waals surface area contributed by atoms with Crippen molar-refractivity contribution in [3.8, 4) is 0 Å². The van der Waals surface area contributed by atoms with E-state index in [0.717, 1.165) is 49.3 Å². The van der Waals surface area contributed by atoms with Crippen molar-refractivity contribution in [2.75, 3.05) is 0 Å². The zero-order valence-electron chi connectivity index (χ0n) is 14.6. The van der Waals surface area contributed by atoms with E-state index in [-0.39, 0.29) is 12.1 Å². The van der Waals surface area contributed by atoms with E-state index in [1.165, 1.54) is 38.5 Å². The highest BCUT2D eigenvalue weighted by molar-refractivity contribution is 5.75. The Labute approximate surface area is 143 Å². The average molecular weight is 331 g/mol. The van der Waals surface area contributed by atoms with Gasteiger partial charge in [0.1, 0.15) is 5.82 Å². The quantitative estimate of drug-likeness (QED) is 0.891. The van der Waals surface area contributed by atoms with Crippen LogP contribution in [-0.4, -0.2) is 26.8 Å². The summed E-state index contributed by atoms with van der Waals surface area (Å²) in [7, 11) is 0. The van der Waals surface area contributed by atoms with E-state index in [4.69, 9.17) is 0 Å². The van der Waals surface area contributed by atoms with E-state index in [1.807, 2.05) is 4.68 Å². The Balaban J connectivity index is 1.30. The van der Waals surface area contributed by atoms with E-state index in [0.29, 0.717) is 6.04 Å². The molecule has 2 N–H and O–H groups in total. The molecule has 132 valence electrons. The molecule has 2 aliphatic carbocycles. The molecule has 0 saturated heterocycles. The first kappa shape index (κ1) is 15.9. The second kappa shape index (κ2) is 6.73. The molecule has 2 heterocycles. The van der Waals surface area contributed by atoms with Crippen molar-refractivity contribution in [3.63, 3.8) is 0 Å². The molecule has 3 atom stereocenters. The maximum absolute atomic E-state index is 12.4. The fourth-order valence-corrected chi connectivity index (χ4v) is 4.52. The monoisotopic (exact) mass is 331 g/mol. The molecule has 3 unspecified atom stereocenters. The van der Waals surface area contributed by atoms with E-state index in [1.54, 1.807) is 0 Å². The standard InChI is InChI=1S/C18H29N5O/c1-2-16-21-17-14(9-6-10-23(17)22-16)19-18(24)20-15-11-13(15)12-7-4-3-5-8-12/h12-15H,2-11H2,1H3,(H2,19,20,24). The first-order chi connectivity index (χ1) is 11.7. The smallest absolute Gasteiger partial charge is 0.315 e. The van der Waals surface area contributed by atoms with Gasteiger partial charge in [-0.25, -0.2) is 14.5 Å². The largest absolute Gasteiger partial charge is 0.335 e. The third kappa shape index (κ3) is 3.28.